The van der Waals surface area contributed by atoms with Gasteiger partial charge >= 0.3 is 0 Å². The van der Waals surface area contributed by atoms with E-state index in [4.69, 9.17) is 9.47 Å². The lowest BCUT2D eigenvalue weighted by Gasteiger charge is -2.61. The number of fused-ring (bicyclic) bond motifs is 5. The van der Waals surface area contributed by atoms with Crippen LogP contribution in [0.2, 0.25) is 0 Å². The van der Waals surface area contributed by atoms with Crippen LogP contribution in [-0.2, 0) is 9.47 Å². The molecule has 130 valence electrons. The molecular weight excluding hydrogens is 284 g/mol. The van der Waals surface area contributed by atoms with Crippen molar-refractivity contribution in [3.8, 4) is 0 Å². The summed E-state index contributed by atoms with van der Waals surface area (Å²) >= 11 is 0. The molecule has 0 amide bonds. The molecule has 0 aromatic rings. The van der Waals surface area contributed by atoms with Crippen molar-refractivity contribution in [1.82, 2.24) is 0 Å². The third kappa shape index (κ3) is 2.06. The van der Waals surface area contributed by atoms with E-state index in [1.165, 1.54) is 57.8 Å². The summed E-state index contributed by atoms with van der Waals surface area (Å²) in [6.07, 6.45) is 14.1. The van der Waals surface area contributed by atoms with Crippen LogP contribution >= 0.6 is 0 Å². The second kappa shape index (κ2) is 4.97. The van der Waals surface area contributed by atoms with Gasteiger partial charge in [0, 0.05) is 12.8 Å². The van der Waals surface area contributed by atoms with Crippen LogP contribution in [0.5, 0.6) is 0 Å². The molecular formula is C21H34O2. The van der Waals surface area contributed by atoms with Crippen molar-refractivity contribution in [1.29, 1.82) is 0 Å². The zero-order valence-electron chi connectivity index (χ0n) is 15.1. The lowest BCUT2D eigenvalue weighted by molar-refractivity contribution is -0.229. The maximum atomic E-state index is 6.07. The Hall–Kier alpha value is -0.0800. The fourth-order valence-corrected chi connectivity index (χ4v) is 7.95. The Bertz CT molecular complexity index is 482. The van der Waals surface area contributed by atoms with Crippen molar-refractivity contribution in [2.24, 2.45) is 34.5 Å². The van der Waals surface area contributed by atoms with Gasteiger partial charge in [0.2, 0.25) is 0 Å². The first-order valence-corrected chi connectivity index (χ1v) is 10.3. The van der Waals surface area contributed by atoms with E-state index < -0.39 is 0 Å². The first kappa shape index (κ1) is 15.2. The van der Waals surface area contributed by atoms with Gasteiger partial charge in [-0.25, -0.2) is 0 Å². The van der Waals surface area contributed by atoms with Gasteiger partial charge in [0.05, 0.1) is 13.2 Å². The zero-order chi connectivity index (χ0) is 15.7. The van der Waals surface area contributed by atoms with Crippen LogP contribution in [0.1, 0.15) is 78.1 Å². The average Bonchev–Trinajstić information content (AvgIpc) is 3.15. The summed E-state index contributed by atoms with van der Waals surface area (Å²) in [5.41, 5.74) is 1.26. The molecule has 1 heterocycles. The molecule has 0 bridgehead atoms. The fraction of sp³-hybridized carbons (Fsp3) is 1.00. The van der Waals surface area contributed by atoms with Crippen molar-refractivity contribution < 1.29 is 9.47 Å². The molecule has 1 aliphatic heterocycles. The average molecular weight is 319 g/mol. The summed E-state index contributed by atoms with van der Waals surface area (Å²) in [6, 6.07) is 0. The van der Waals surface area contributed by atoms with Crippen molar-refractivity contribution in [2.45, 2.75) is 83.8 Å². The zero-order valence-corrected chi connectivity index (χ0v) is 15.1. The molecule has 0 radical (unpaired) electrons. The van der Waals surface area contributed by atoms with E-state index in [0.29, 0.717) is 10.8 Å². The molecule has 4 aliphatic carbocycles. The van der Waals surface area contributed by atoms with E-state index in [0.717, 1.165) is 43.3 Å². The minimum Gasteiger partial charge on any atom is -0.348 e. The first-order valence-electron chi connectivity index (χ1n) is 10.3. The summed E-state index contributed by atoms with van der Waals surface area (Å²) in [4.78, 5) is 0. The second-order valence-electron chi connectivity index (χ2n) is 10.1. The highest BCUT2D eigenvalue weighted by Gasteiger charge is 2.60. The van der Waals surface area contributed by atoms with E-state index in [9.17, 15) is 0 Å². The maximum absolute atomic E-state index is 6.07. The van der Waals surface area contributed by atoms with E-state index in [2.05, 4.69) is 13.8 Å². The third-order valence-corrected chi connectivity index (χ3v) is 9.26. The Labute approximate surface area is 141 Å². The molecule has 5 aliphatic rings. The Kier molecular flexibility index (Phi) is 3.29. The molecule has 0 aromatic heterocycles. The van der Waals surface area contributed by atoms with Gasteiger partial charge in [-0.15, -0.1) is 0 Å². The van der Waals surface area contributed by atoms with Gasteiger partial charge in [-0.1, -0.05) is 20.3 Å². The summed E-state index contributed by atoms with van der Waals surface area (Å²) in [5.74, 6) is 3.69. The quantitative estimate of drug-likeness (QED) is 0.614. The van der Waals surface area contributed by atoms with Crippen molar-refractivity contribution in [3.05, 3.63) is 0 Å². The molecule has 0 N–H and O–H groups in total. The summed E-state index contributed by atoms with van der Waals surface area (Å²) in [6.45, 7) is 6.89. The van der Waals surface area contributed by atoms with Crippen molar-refractivity contribution in [2.75, 3.05) is 13.2 Å². The Morgan fingerprint density at radius 1 is 0.783 bits per heavy atom. The standard InChI is InChI=1S/C21H34O2/c1-19-8-3-4-17(19)16-6-5-15-14-21(22-12-13-23-21)11-10-20(15,2)18(16)7-9-19/h15-18H,3-14H2,1-2H3/t15-,16-,17-,18-,19-,20-/m0/s1. The normalized spacial score (nSPS) is 54.5. The number of ether oxygens (including phenoxy) is 2. The van der Waals surface area contributed by atoms with E-state index >= 15 is 0 Å². The molecule has 5 rings (SSSR count). The molecule has 0 unspecified atom stereocenters. The Morgan fingerprint density at radius 2 is 1.61 bits per heavy atom. The van der Waals surface area contributed by atoms with Gasteiger partial charge in [0.1, 0.15) is 0 Å². The van der Waals surface area contributed by atoms with Crippen LogP contribution in [-0.4, -0.2) is 19.0 Å². The largest absolute Gasteiger partial charge is 0.348 e. The second-order valence-corrected chi connectivity index (χ2v) is 10.1. The first-order chi connectivity index (χ1) is 11.0. The molecule has 1 spiro atoms. The summed E-state index contributed by atoms with van der Waals surface area (Å²) in [7, 11) is 0. The topological polar surface area (TPSA) is 18.5 Å². The monoisotopic (exact) mass is 318 g/mol. The summed E-state index contributed by atoms with van der Waals surface area (Å²) < 4.78 is 12.1. The predicted octanol–water partition coefficient (Wildman–Crippen LogP) is 5.16. The van der Waals surface area contributed by atoms with Gasteiger partial charge < -0.3 is 9.47 Å². The van der Waals surface area contributed by atoms with Gasteiger partial charge in [-0.2, -0.15) is 0 Å². The fourth-order valence-electron chi connectivity index (χ4n) is 7.95. The highest BCUT2D eigenvalue weighted by Crippen LogP contribution is 2.67. The summed E-state index contributed by atoms with van der Waals surface area (Å²) in [5, 5.41) is 0. The lowest BCUT2D eigenvalue weighted by Crippen LogP contribution is -2.55. The van der Waals surface area contributed by atoms with Gasteiger partial charge in [-0.05, 0) is 79.4 Å². The molecule has 0 aromatic carbocycles. The maximum Gasteiger partial charge on any atom is 0.168 e. The molecule has 6 atom stereocenters. The minimum absolute atomic E-state index is 0.187. The van der Waals surface area contributed by atoms with Gasteiger partial charge in [-0.3, -0.25) is 0 Å². The van der Waals surface area contributed by atoms with E-state index in [1.54, 1.807) is 0 Å². The Morgan fingerprint density at radius 3 is 2.43 bits per heavy atom. The SMILES string of the molecule is C[C@@]12CCC[C@H]1[C@@H]1CC[C@H]3CC4(CC[C@]3(C)[C@H]1CC2)OCCO4. The van der Waals surface area contributed by atoms with Crippen LogP contribution < -0.4 is 0 Å². The third-order valence-electron chi connectivity index (χ3n) is 9.26. The van der Waals surface area contributed by atoms with Crippen molar-refractivity contribution in [3.63, 3.8) is 0 Å². The van der Waals surface area contributed by atoms with Gasteiger partial charge in [0.15, 0.2) is 5.79 Å². The van der Waals surface area contributed by atoms with E-state index in [1.807, 2.05) is 0 Å². The number of hydrogen-bond donors (Lipinski definition) is 0. The molecule has 2 nitrogen and oxygen atoms in total. The molecule has 2 heteroatoms. The lowest BCUT2D eigenvalue weighted by atomic mass is 9.45. The van der Waals surface area contributed by atoms with Crippen LogP contribution in [0.15, 0.2) is 0 Å². The molecule has 4 saturated carbocycles. The molecule has 1 saturated heterocycles. The smallest absolute Gasteiger partial charge is 0.168 e. The van der Waals surface area contributed by atoms with Gasteiger partial charge in [0.25, 0.3) is 0 Å². The predicted molar refractivity (Wildman–Crippen MR) is 91.0 cm³/mol. The Balaban J connectivity index is 1.41. The number of rotatable bonds is 0. The number of hydrogen-bond acceptors (Lipinski definition) is 2. The van der Waals surface area contributed by atoms with Crippen LogP contribution in [0, 0.1) is 34.5 Å². The minimum atomic E-state index is -0.187. The molecule has 5 fully saturated rings. The van der Waals surface area contributed by atoms with E-state index in [-0.39, 0.29) is 5.79 Å². The van der Waals surface area contributed by atoms with Crippen LogP contribution in [0.25, 0.3) is 0 Å². The van der Waals surface area contributed by atoms with Crippen LogP contribution in [0.4, 0.5) is 0 Å². The van der Waals surface area contributed by atoms with Crippen LogP contribution in [0.3, 0.4) is 0 Å². The molecule has 23 heavy (non-hydrogen) atoms. The van der Waals surface area contributed by atoms with Crippen molar-refractivity contribution >= 4 is 0 Å². The highest BCUT2D eigenvalue weighted by atomic mass is 16.7. The highest BCUT2D eigenvalue weighted by molar-refractivity contribution is 5.08.